The number of aromatic nitrogens is 1. The summed E-state index contributed by atoms with van der Waals surface area (Å²) in [5.74, 6) is -0.320. The lowest BCUT2D eigenvalue weighted by Crippen LogP contribution is -2.12. The molecule has 0 spiro atoms. The number of oxazole rings is 1. The zero-order valence-corrected chi connectivity index (χ0v) is 12.2. The topological polar surface area (TPSA) is 61.2 Å². The van der Waals surface area contributed by atoms with Gasteiger partial charge in [0.1, 0.15) is 0 Å². The van der Waals surface area contributed by atoms with Gasteiger partial charge in [-0.1, -0.05) is 6.07 Å². The second-order valence-corrected chi connectivity index (χ2v) is 5.57. The molecule has 2 N–H and O–H groups in total. The fourth-order valence-corrected chi connectivity index (χ4v) is 3.33. The molecule has 0 aliphatic rings. The number of aryl methyl sites for hydroxylation is 2. The van der Waals surface area contributed by atoms with Crippen molar-refractivity contribution >= 4 is 22.4 Å². The molecule has 2 heterocycles. The predicted octanol–water partition coefficient (Wildman–Crippen LogP) is 3.03. The Hall–Kier alpha value is -1.85. The van der Waals surface area contributed by atoms with Gasteiger partial charge >= 0.3 is 5.76 Å². The largest absolute Gasteiger partial charge is 0.419 e. The van der Waals surface area contributed by atoms with Gasteiger partial charge in [0.15, 0.2) is 5.58 Å². The molecular weight excluding hydrogens is 272 g/mol. The SMILES string of the molecule is CCn1c(=O)oc2cc(C(N)c3cscc3C)ccc21. The van der Waals surface area contributed by atoms with E-state index in [4.69, 9.17) is 10.2 Å². The van der Waals surface area contributed by atoms with Gasteiger partial charge in [0, 0.05) is 6.54 Å². The number of nitrogens with two attached hydrogens (primary N) is 1. The van der Waals surface area contributed by atoms with Crippen LogP contribution in [-0.4, -0.2) is 4.57 Å². The maximum Gasteiger partial charge on any atom is 0.419 e. The van der Waals surface area contributed by atoms with Gasteiger partial charge in [-0.2, -0.15) is 11.3 Å². The molecule has 5 heteroatoms. The van der Waals surface area contributed by atoms with Crippen molar-refractivity contribution in [2.75, 3.05) is 0 Å². The Morgan fingerprint density at radius 2 is 2.20 bits per heavy atom. The highest BCUT2D eigenvalue weighted by Gasteiger charge is 2.15. The van der Waals surface area contributed by atoms with Crippen molar-refractivity contribution in [2.24, 2.45) is 5.73 Å². The van der Waals surface area contributed by atoms with Gasteiger partial charge in [-0.15, -0.1) is 0 Å². The molecule has 104 valence electrons. The van der Waals surface area contributed by atoms with Gasteiger partial charge in [-0.3, -0.25) is 4.57 Å². The molecule has 0 saturated heterocycles. The van der Waals surface area contributed by atoms with Crippen LogP contribution in [0.5, 0.6) is 0 Å². The Labute approximate surface area is 120 Å². The molecule has 3 rings (SSSR count). The number of fused-ring (bicyclic) bond motifs is 1. The van der Waals surface area contributed by atoms with E-state index in [0.29, 0.717) is 12.1 Å². The average Bonchev–Trinajstić information content (AvgIpc) is 2.99. The summed E-state index contributed by atoms with van der Waals surface area (Å²) in [6.07, 6.45) is 0. The molecular formula is C15H16N2O2S. The van der Waals surface area contributed by atoms with Crippen LogP contribution < -0.4 is 11.5 Å². The van der Waals surface area contributed by atoms with E-state index < -0.39 is 0 Å². The Kier molecular flexibility index (Phi) is 3.23. The summed E-state index contributed by atoms with van der Waals surface area (Å²) < 4.78 is 6.89. The fraction of sp³-hybridized carbons (Fsp3) is 0.267. The van der Waals surface area contributed by atoms with Crippen LogP contribution in [0.4, 0.5) is 0 Å². The summed E-state index contributed by atoms with van der Waals surface area (Å²) in [6, 6.07) is 5.54. The van der Waals surface area contributed by atoms with E-state index in [1.54, 1.807) is 15.9 Å². The van der Waals surface area contributed by atoms with Crippen LogP contribution in [0.15, 0.2) is 38.2 Å². The molecule has 0 aliphatic heterocycles. The van der Waals surface area contributed by atoms with Crippen LogP contribution >= 0.6 is 11.3 Å². The summed E-state index contributed by atoms with van der Waals surface area (Å²) in [5.41, 5.74) is 11.0. The molecule has 0 bridgehead atoms. The third-order valence-electron chi connectivity index (χ3n) is 3.60. The first-order valence-electron chi connectivity index (χ1n) is 6.53. The molecule has 4 nitrogen and oxygen atoms in total. The van der Waals surface area contributed by atoms with E-state index in [1.165, 1.54) is 5.56 Å². The van der Waals surface area contributed by atoms with Gasteiger partial charge in [-0.05, 0) is 53.4 Å². The van der Waals surface area contributed by atoms with E-state index >= 15 is 0 Å². The van der Waals surface area contributed by atoms with Crippen molar-refractivity contribution < 1.29 is 4.42 Å². The molecule has 0 amide bonds. The van der Waals surface area contributed by atoms with Crippen LogP contribution in [-0.2, 0) is 6.54 Å². The van der Waals surface area contributed by atoms with E-state index in [0.717, 1.165) is 16.6 Å². The third kappa shape index (κ3) is 1.99. The van der Waals surface area contributed by atoms with Gasteiger partial charge in [0.2, 0.25) is 0 Å². The molecule has 0 fully saturated rings. The summed E-state index contributed by atoms with van der Waals surface area (Å²) in [6.45, 7) is 4.57. The zero-order valence-electron chi connectivity index (χ0n) is 11.4. The molecule has 0 aliphatic carbocycles. The van der Waals surface area contributed by atoms with Crippen LogP contribution in [0.2, 0.25) is 0 Å². The Morgan fingerprint density at radius 1 is 1.40 bits per heavy atom. The molecule has 20 heavy (non-hydrogen) atoms. The van der Waals surface area contributed by atoms with Crippen molar-refractivity contribution in [3.63, 3.8) is 0 Å². The summed E-state index contributed by atoms with van der Waals surface area (Å²) in [5, 5.41) is 4.15. The number of hydrogen-bond acceptors (Lipinski definition) is 4. The third-order valence-corrected chi connectivity index (χ3v) is 4.48. The molecule has 3 aromatic rings. The van der Waals surface area contributed by atoms with Crippen molar-refractivity contribution in [2.45, 2.75) is 26.4 Å². The highest BCUT2D eigenvalue weighted by atomic mass is 32.1. The minimum Gasteiger partial charge on any atom is -0.408 e. The molecule has 1 atom stereocenters. The minimum absolute atomic E-state index is 0.194. The normalized spacial score (nSPS) is 12.9. The highest BCUT2D eigenvalue weighted by Crippen LogP contribution is 2.27. The Bertz CT molecular complexity index is 813. The van der Waals surface area contributed by atoms with Crippen molar-refractivity contribution in [3.05, 3.63) is 56.2 Å². The van der Waals surface area contributed by atoms with E-state index in [1.807, 2.05) is 25.1 Å². The Morgan fingerprint density at radius 3 is 2.85 bits per heavy atom. The number of nitrogens with zero attached hydrogens (tertiary/aromatic N) is 1. The fourth-order valence-electron chi connectivity index (χ4n) is 2.44. The maximum atomic E-state index is 11.7. The number of hydrogen-bond donors (Lipinski definition) is 1. The summed E-state index contributed by atoms with van der Waals surface area (Å²) in [4.78, 5) is 11.7. The van der Waals surface area contributed by atoms with Gasteiger partial charge < -0.3 is 10.2 Å². The van der Waals surface area contributed by atoms with E-state index in [2.05, 4.69) is 17.7 Å². The summed E-state index contributed by atoms with van der Waals surface area (Å²) in [7, 11) is 0. The monoisotopic (exact) mass is 288 g/mol. The molecule has 1 unspecified atom stereocenters. The number of rotatable bonds is 3. The highest BCUT2D eigenvalue weighted by molar-refractivity contribution is 7.08. The smallest absolute Gasteiger partial charge is 0.408 e. The van der Waals surface area contributed by atoms with Crippen LogP contribution in [0, 0.1) is 6.92 Å². The Balaban J connectivity index is 2.10. The minimum atomic E-state index is -0.320. The van der Waals surface area contributed by atoms with Crippen LogP contribution in [0.1, 0.15) is 29.7 Å². The summed E-state index contributed by atoms with van der Waals surface area (Å²) >= 11 is 1.65. The zero-order chi connectivity index (χ0) is 14.3. The second kappa shape index (κ2) is 4.92. The number of thiophene rings is 1. The first kappa shape index (κ1) is 13.1. The lowest BCUT2D eigenvalue weighted by atomic mass is 9.99. The molecule has 0 radical (unpaired) electrons. The van der Waals surface area contributed by atoms with E-state index in [9.17, 15) is 4.79 Å². The van der Waals surface area contributed by atoms with Crippen molar-refractivity contribution in [1.82, 2.24) is 4.57 Å². The quantitative estimate of drug-likeness (QED) is 0.805. The second-order valence-electron chi connectivity index (χ2n) is 4.83. The standard InChI is InChI=1S/C15H16N2O2S/c1-3-17-12-5-4-10(6-13(12)19-15(17)18)14(16)11-8-20-7-9(11)2/h4-8,14H,3,16H2,1-2H3. The van der Waals surface area contributed by atoms with E-state index in [-0.39, 0.29) is 11.8 Å². The molecule has 0 saturated carbocycles. The number of benzene rings is 1. The van der Waals surface area contributed by atoms with Crippen molar-refractivity contribution in [3.8, 4) is 0 Å². The predicted molar refractivity (Wildman–Crippen MR) is 81.2 cm³/mol. The average molecular weight is 288 g/mol. The first-order chi connectivity index (χ1) is 9.61. The van der Waals surface area contributed by atoms with Crippen LogP contribution in [0.25, 0.3) is 11.1 Å². The lowest BCUT2D eigenvalue weighted by Gasteiger charge is -2.12. The van der Waals surface area contributed by atoms with Crippen LogP contribution in [0.3, 0.4) is 0 Å². The van der Waals surface area contributed by atoms with Crippen molar-refractivity contribution in [1.29, 1.82) is 0 Å². The first-order valence-corrected chi connectivity index (χ1v) is 7.47. The van der Waals surface area contributed by atoms with Gasteiger partial charge in [0.25, 0.3) is 0 Å². The van der Waals surface area contributed by atoms with Gasteiger partial charge in [0.05, 0.1) is 11.6 Å². The molecule has 2 aromatic heterocycles. The maximum absolute atomic E-state index is 11.7. The van der Waals surface area contributed by atoms with Gasteiger partial charge in [-0.25, -0.2) is 4.79 Å². The lowest BCUT2D eigenvalue weighted by molar-refractivity contribution is 0.513. The molecule has 1 aromatic carbocycles.